The van der Waals surface area contributed by atoms with Crippen molar-refractivity contribution in [3.8, 4) is 0 Å². The molecule has 2 heteroatoms. The summed E-state index contributed by atoms with van der Waals surface area (Å²) in [4.78, 5) is 0. The molecule has 0 bridgehead atoms. The largest absolute Gasteiger partial charge is 0.467 e. The Morgan fingerprint density at radius 1 is 0.786 bits per heavy atom. The van der Waals surface area contributed by atoms with E-state index in [1.54, 1.807) is 20.0 Å². The maximum atomic E-state index is 6.61. The van der Waals surface area contributed by atoms with E-state index in [0.29, 0.717) is 0 Å². The van der Waals surface area contributed by atoms with Gasteiger partial charge in [-0.3, -0.25) is 0 Å². The molecule has 0 saturated heterocycles. The lowest BCUT2D eigenvalue weighted by Crippen LogP contribution is -2.08. The minimum absolute atomic E-state index is 1.16. The van der Waals surface area contributed by atoms with Gasteiger partial charge in [0.05, 0.1) is 0 Å². The second-order valence-corrected chi connectivity index (χ2v) is 7.21. The molecule has 1 rings (SSSR count). The lowest BCUT2D eigenvalue weighted by Gasteiger charge is -2.08. The average Bonchev–Trinajstić information content (AvgIpc) is 2.48. The van der Waals surface area contributed by atoms with Gasteiger partial charge < -0.3 is 0 Å². The second kappa shape index (κ2) is 5.40. The van der Waals surface area contributed by atoms with Crippen LogP contribution in [-0.4, -0.2) is 13.2 Å². The van der Waals surface area contributed by atoms with Crippen molar-refractivity contribution in [2.45, 2.75) is 53.4 Å². The normalized spacial score (nSPS) is 17.4. The number of hydrogen-bond acceptors (Lipinski definition) is 0. The molecule has 0 N–H and O–H groups in total. The molecule has 0 aromatic rings. The molecule has 0 aromatic carbocycles. The lowest BCUT2D eigenvalue weighted by atomic mass is 9.99. The average molecular weight is 227 g/mol. The first-order valence-electron chi connectivity index (χ1n) is 5.79. The Morgan fingerprint density at radius 3 is 1.36 bits per heavy atom. The van der Waals surface area contributed by atoms with Crippen LogP contribution in [0.1, 0.15) is 53.4 Å². The third kappa shape index (κ3) is 1.96. The topological polar surface area (TPSA) is 0 Å². The van der Waals surface area contributed by atoms with Crippen molar-refractivity contribution in [1.29, 1.82) is 0 Å². The van der Waals surface area contributed by atoms with Gasteiger partial charge in [-0.05, 0) is 25.7 Å². The Morgan fingerprint density at radius 2 is 1.14 bits per heavy atom. The highest BCUT2D eigenvalue weighted by molar-refractivity contribution is 7.15. The van der Waals surface area contributed by atoms with Crippen LogP contribution in [0.2, 0.25) is 0 Å². The Kier molecular flexibility index (Phi) is 4.78. The van der Waals surface area contributed by atoms with Gasteiger partial charge in [-0.1, -0.05) is 38.8 Å². The second-order valence-electron chi connectivity index (χ2n) is 3.78. The number of halogens is 1. The summed E-state index contributed by atoms with van der Waals surface area (Å²) in [7, 11) is 6.61. The highest BCUT2D eigenvalue weighted by Gasteiger charge is 2.34. The molecule has 0 saturated carbocycles. The van der Waals surface area contributed by atoms with E-state index in [-0.39, 0.29) is 0 Å². The van der Waals surface area contributed by atoms with Crippen molar-refractivity contribution >= 4 is 23.3 Å². The van der Waals surface area contributed by atoms with E-state index in [4.69, 9.17) is 10.0 Å². The van der Waals surface area contributed by atoms with Gasteiger partial charge in [0.15, 0.2) is 0 Å². The Bertz CT molecular complexity index is 248. The molecule has 1 heterocycles. The molecule has 0 atom stereocenters. The molecule has 0 spiro atoms. The molecule has 1 aliphatic heterocycles. The van der Waals surface area contributed by atoms with Crippen molar-refractivity contribution in [2.24, 2.45) is 0 Å². The van der Waals surface area contributed by atoms with E-state index < -0.39 is 13.2 Å². The Balaban J connectivity index is 3.13. The van der Waals surface area contributed by atoms with Crippen LogP contribution in [-0.2, 0) is 0 Å². The molecule has 1 aliphatic rings. The fourth-order valence-corrected chi connectivity index (χ4v) is 6.79. The van der Waals surface area contributed by atoms with Gasteiger partial charge in [-0.2, -0.15) is 0 Å². The zero-order chi connectivity index (χ0) is 10.7. The third-order valence-corrected chi connectivity index (χ3v) is 7.54. The summed E-state index contributed by atoms with van der Waals surface area (Å²) < 4.78 is 3.23. The van der Waals surface area contributed by atoms with Crippen LogP contribution >= 0.6 is 10.0 Å². The van der Waals surface area contributed by atoms with Crippen LogP contribution in [0.3, 0.4) is 0 Å². The van der Waals surface area contributed by atoms with E-state index in [0.717, 1.165) is 12.8 Å². The minimum atomic E-state index is -1.20. The SMILES string of the molecule is CCC1=[C](CC)[Al]([Cl])[C](CC)=C1CC. The van der Waals surface area contributed by atoms with Crippen LogP contribution in [0.5, 0.6) is 0 Å². The van der Waals surface area contributed by atoms with E-state index in [1.807, 2.05) is 0 Å². The van der Waals surface area contributed by atoms with Gasteiger partial charge in [0.1, 0.15) is 0 Å². The molecule has 0 amide bonds. The molecular formula is C12H20AlCl. The summed E-state index contributed by atoms with van der Waals surface area (Å²) >= 11 is -1.20. The predicted molar refractivity (Wildman–Crippen MR) is 66.8 cm³/mol. The third-order valence-electron chi connectivity index (χ3n) is 3.22. The zero-order valence-corrected chi connectivity index (χ0v) is 11.7. The molecule has 78 valence electrons. The first-order valence-corrected chi connectivity index (χ1v) is 8.69. The summed E-state index contributed by atoms with van der Waals surface area (Å²) in [5.41, 5.74) is 3.22. The number of rotatable bonds is 4. The maximum absolute atomic E-state index is 6.61. The molecule has 0 aliphatic carbocycles. The van der Waals surface area contributed by atoms with Crippen molar-refractivity contribution in [2.75, 3.05) is 0 Å². The van der Waals surface area contributed by atoms with Gasteiger partial charge >= 0.3 is 13.2 Å². The molecule has 0 aromatic heterocycles. The van der Waals surface area contributed by atoms with Crippen LogP contribution < -0.4 is 0 Å². The van der Waals surface area contributed by atoms with Gasteiger partial charge in [0.25, 0.3) is 0 Å². The standard InChI is InChI=1S/C12H20.Al.ClH/c1-5-9-11(7-3)12(8-4)10-6-2;;/h5-8H2,1-4H3;;1H/q;+1;/p-1. The molecule has 0 radical (unpaired) electrons. The smallest absolute Gasteiger partial charge is 0.246 e. The van der Waals surface area contributed by atoms with E-state index in [2.05, 4.69) is 27.7 Å². The Hall–Kier alpha value is 0.302. The summed E-state index contributed by atoms with van der Waals surface area (Å²) in [5, 5.41) is 0. The van der Waals surface area contributed by atoms with E-state index in [1.165, 1.54) is 12.8 Å². The highest BCUT2D eigenvalue weighted by Crippen LogP contribution is 2.39. The van der Waals surface area contributed by atoms with Crippen molar-refractivity contribution in [1.82, 2.24) is 0 Å². The van der Waals surface area contributed by atoms with E-state index in [9.17, 15) is 0 Å². The predicted octanol–water partition coefficient (Wildman–Crippen LogP) is 4.54. The summed E-state index contributed by atoms with van der Waals surface area (Å²) in [5.74, 6) is 0. The van der Waals surface area contributed by atoms with Crippen molar-refractivity contribution < 1.29 is 0 Å². The van der Waals surface area contributed by atoms with Crippen molar-refractivity contribution in [3.05, 3.63) is 20.0 Å². The summed E-state index contributed by atoms with van der Waals surface area (Å²) in [6, 6.07) is 0. The molecule has 0 unspecified atom stereocenters. The van der Waals surface area contributed by atoms with Crippen molar-refractivity contribution in [3.63, 3.8) is 0 Å². The van der Waals surface area contributed by atoms with E-state index >= 15 is 0 Å². The van der Waals surface area contributed by atoms with Gasteiger partial charge in [-0.15, -0.1) is 8.87 Å². The molecule has 0 nitrogen and oxygen atoms in total. The summed E-state index contributed by atoms with van der Waals surface area (Å²) in [6.07, 6.45) is 4.67. The highest BCUT2D eigenvalue weighted by atomic mass is 35.6. The van der Waals surface area contributed by atoms with Gasteiger partial charge in [-0.25, -0.2) is 10.0 Å². The lowest BCUT2D eigenvalue weighted by molar-refractivity contribution is 0.985. The quantitative estimate of drug-likeness (QED) is 0.618. The molecule has 0 fully saturated rings. The number of allylic oxidation sites excluding steroid dienone is 4. The molecule has 14 heavy (non-hydrogen) atoms. The Labute approximate surface area is 96.6 Å². The molecular weight excluding hydrogens is 207 g/mol. The van der Waals surface area contributed by atoms with Crippen LogP contribution in [0.4, 0.5) is 0 Å². The maximum Gasteiger partial charge on any atom is 0.467 e. The summed E-state index contributed by atoms with van der Waals surface area (Å²) in [6.45, 7) is 9.02. The fourth-order valence-electron chi connectivity index (χ4n) is 2.57. The fraction of sp³-hybridized carbons (Fsp3) is 0.667. The monoisotopic (exact) mass is 226 g/mol. The van der Waals surface area contributed by atoms with Gasteiger partial charge in [0, 0.05) is 0 Å². The number of hydrogen-bond donors (Lipinski definition) is 0. The zero-order valence-electron chi connectivity index (χ0n) is 9.78. The van der Waals surface area contributed by atoms with Crippen LogP contribution in [0.25, 0.3) is 0 Å². The van der Waals surface area contributed by atoms with Gasteiger partial charge in [0.2, 0.25) is 0 Å². The first kappa shape index (κ1) is 12.4. The first-order chi connectivity index (χ1) is 6.71. The van der Waals surface area contributed by atoms with Crippen LogP contribution in [0, 0.1) is 0 Å². The minimum Gasteiger partial charge on any atom is -0.246 e. The van der Waals surface area contributed by atoms with Crippen LogP contribution in [0.15, 0.2) is 20.0 Å².